The summed E-state index contributed by atoms with van der Waals surface area (Å²) in [4.78, 5) is 36.8. The second-order valence-electron chi connectivity index (χ2n) is 11.3. The van der Waals surface area contributed by atoms with Crippen LogP contribution in [0.4, 0.5) is 17.6 Å². The van der Waals surface area contributed by atoms with Gasteiger partial charge in [0.1, 0.15) is 12.2 Å². The van der Waals surface area contributed by atoms with Gasteiger partial charge in [0.25, 0.3) is 5.91 Å². The van der Waals surface area contributed by atoms with Gasteiger partial charge in [-0.1, -0.05) is 18.6 Å². The summed E-state index contributed by atoms with van der Waals surface area (Å²) in [5, 5.41) is 0. The van der Waals surface area contributed by atoms with E-state index in [9.17, 15) is 27.2 Å². The van der Waals surface area contributed by atoms with Crippen LogP contribution in [0.25, 0.3) is 11.3 Å². The van der Waals surface area contributed by atoms with Gasteiger partial charge in [-0.15, -0.1) is 0 Å². The van der Waals surface area contributed by atoms with Crippen LogP contribution in [0.15, 0.2) is 36.7 Å². The van der Waals surface area contributed by atoms with Crippen molar-refractivity contribution in [1.82, 2.24) is 19.8 Å². The zero-order chi connectivity index (χ0) is 29.2. The molecule has 1 saturated carbocycles. The monoisotopic (exact) mass is 578 g/mol. The number of esters is 1. The van der Waals surface area contributed by atoms with Crippen molar-refractivity contribution in [2.45, 2.75) is 56.9 Å². The smallest absolute Gasteiger partial charge is 0.395 e. The summed E-state index contributed by atoms with van der Waals surface area (Å²) >= 11 is 0. The summed E-state index contributed by atoms with van der Waals surface area (Å²) in [5.41, 5.74) is 0.0725. The number of alkyl halides is 4. The number of ether oxygens (including phenoxy) is 2. The summed E-state index contributed by atoms with van der Waals surface area (Å²) < 4.78 is 65.0. The number of rotatable bonds is 8. The predicted octanol–water partition coefficient (Wildman–Crippen LogP) is 4.69. The first-order chi connectivity index (χ1) is 19.6. The molecule has 222 valence electrons. The van der Waals surface area contributed by atoms with E-state index in [2.05, 4.69) is 9.97 Å². The number of aromatic nitrogens is 2. The van der Waals surface area contributed by atoms with Crippen molar-refractivity contribution in [3.63, 3.8) is 0 Å². The minimum Gasteiger partial charge on any atom is -0.476 e. The molecule has 5 rings (SSSR count). The fourth-order valence-corrected chi connectivity index (χ4v) is 5.94. The van der Waals surface area contributed by atoms with Gasteiger partial charge in [-0.25, -0.2) is 19.2 Å². The summed E-state index contributed by atoms with van der Waals surface area (Å²) in [6, 6.07) is 5.65. The highest BCUT2D eigenvalue weighted by molar-refractivity contribution is 5.97. The highest BCUT2D eigenvalue weighted by Crippen LogP contribution is 2.53. The summed E-state index contributed by atoms with van der Waals surface area (Å²) in [5.74, 6) is -0.489. The summed E-state index contributed by atoms with van der Waals surface area (Å²) in [6.07, 6.45) is 0.220. The normalized spacial score (nSPS) is 23.2. The molecule has 3 heterocycles. The Morgan fingerprint density at radius 3 is 2.34 bits per heavy atom. The van der Waals surface area contributed by atoms with Crippen LogP contribution in [0.3, 0.4) is 0 Å². The van der Waals surface area contributed by atoms with Crippen molar-refractivity contribution in [2.75, 3.05) is 39.9 Å². The third-order valence-electron chi connectivity index (χ3n) is 8.65. The molecular weight excluding hydrogens is 544 g/mol. The van der Waals surface area contributed by atoms with Gasteiger partial charge in [0.2, 0.25) is 5.88 Å². The zero-order valence-corrected chi connectivity index (χ0v) is 22.9. The molecule has 12 heteroatoms. The molecule has 0 bridgehead atoms. The van der Waals surface area contributed by atoms with Crippen molar-refractivity contribution in [2.24, 2.45) is 11.3 Å². The Morgan fingerprint density at radius 1 is 1.07 bits per heavy atom. The van der Waals surface area contributed by atoms with E-state index in [0.717, 1.165) is 12.8 Å². The van der Waals surface area contributed by atoms with Gasteiger partial charge in [0.05, 0.1) is 43.8 Å². The molecule has 1 aromatic heterocycles. The number of benzene rings is 1. The number of amides is 1. The lowest BCUT2D eigenvalue weighted by Crippen LogP contribution is -2.53. The van der Waals surface area contributed by atoms with Crippen LogP contribution < -0.4 is 4.74 Å². The van der Waals surface area contributed by atoms with E-state index in [-0.39, 0.29) is 38.3 Å². The van der Waals surface area contributed by atoms with E-state index in [1.807, 2.05) is 4.90 Å². The molecule has 8 nitrogen and oxygen atoms in total. The molecule has 2 aromatic rings. The second kappa shape index (κ2) is 11.9. The number of methoxy groups -OCH3 is 1. The van der Waals surface area contributed by atoms with Gasteiger partial charge in [0.15, 0.2) is 0 Å². The molecule has 3 fully saturated rings. The van der Waals surface area contributed by atoms with Crippen LogP contribution in [0.5, 0.6) is 5.88 Å². The molecule has 2 aliphatic heterocycles. The Labute approximate surface area is 236 Å². The SMILES string of the molecule is COC(=O)[C@@H]1C[C@H](F)CN1C(=O)c1ccc(-c2cnc(OCC3CCN(CC4(C(F)(F)F)CCC4)CC3)cn2)cc1. The maximum Gasteiger partial charge on any atom is 0.395 e. The maximum absolute atomic E-state index is 13.9. The number of likely N-dealkylation sites (tertiary alicyclic amines) is 2. The number of nitrogens with zero attached hydrogens (tertiary/aromatic N) is 4. The van der Waals surface area contributed by atoms with Gasteiger partial charge in [-0.2, -0.15) is 13.2 Å². The van der Waals surface area contributed by atoms with Crippen LogP contribution in [0, 0.1) is 11.3 Å². The molecule has 0 unspecified atom stereocenters. The first kappa shape index (κ1) is 29.2. The Bertz CT molecular complexity index is 1210. The minimum atomic E-state index is -4.14. The number of carbonyl (C=O) groups is 2. The number of hydrogen-bond donors (Lipinski definition) is 0. The Hall–Kier alpha value is -3.28. The van der Waals surface area contributed by atoms with E-state index in [1.54, 1.807) is 30.5 Å². The lowest BCUT2D eigenvalue weighted by atomic mass is 9.67. The van der Waals surface area contributed by atoms with Crippen LogP contribution in [0.1, 0.15) is 48.9 Å². The van der Waals surface area contributed by atoms with E-state index >= 15 is 0 Å². The van der Waals surface area contributed by atoms with Gasteiger partial charge < -0.3 is 19.3 Å². The van der Waals surface area contributed by atoms with Crippen LogP contribution in [0.2, 0.25) is 0 Å². The average Bonchev–Trinajstić information content (AvgIpc) is 3.35. The number of halogens is 4. The van der Waals surface area contributed by atoms with Crippen LogP contribution in [-0.2, 0) is 9.53 Å². The largest absolute Gasteiger partial charge is 0.476 e. The van der Waals surface area contributed by atoms with Gasteiger partial charge in [-0.3, -0.25) is 4.79 Å². The predicted molar refractivity (Wildman–Crippen MR) is 141 cm³/mol. The van der Waals surface area contributed by atoms with Crippen molar-refractivity contribution < 1.29 is 36.6 Å². The molecule has 1 amide bonds. The second-order valence-corrected chi connectivity index (χ2v) is 11.3. The topological polar surface area (TPSA) is 84.9 Å². The fraction of sp³-hybridized carbons (Fsp3) is 0.586. The molecule has 0 N–H and O–H groups in total. The van der Waals surface area contributed by atoms with Crippen molar-refractivity contribution in [3.05, 3.63) is 42.2 Å². The average molecular weight is 579 g/mol. The molecule has 0 radical (unpaired) electrons. The van der Waals surface area contributed by atoms with E-state index < -0.39 is 35.7 Å². The molecular formula is C29H34F4N4O4. The zero-order valence-electron chi connectivity index (χ0n) is 22.9. The molecule has 1 aromatic carbocycles. The Kier molecular flexibility index (Phi) is 8.49. The van der Waals surface area contributed by atoms with Crippen molar-refractivity contribution in [3.8, 4) is 17.1 Å². The lowest BCUT2D eigenvalue weighted by Gasteiger charge is -2.47. The fourth-order valence-electron chi connectivity index (χ4n) is 5.94. The van der Waals surface area contributed by atoms with E-state index in [0.29, 0.717) is 48.8 Å². The highest BCUT2D eigenvalue weighted by Gasteiger charge is 2.58. The number of hydrogen-bond acceptors (Lipinski definition) is 7. The molecule has 2 atom stereocenters. The van der Waals surface area contributed by atoms with Gasteiger partial charge >= 0.3 is 12.1 Å². The van der Waals surface area contributed by atoms with Crippen LogP contribution >= 0.6 is 0 Å². The summed E-state index contributed by atoms with van der Waals surface area (Å²) in [7, 11) is 1.21. The van der Waals surface area contributed by atoms with Gasteiger partial charge in [0, 0.05) is 24.1 Å². The first-order valence-electron chi connectivity index (χ1n) is 14.0. The molecule has 0 spiro atoms. The third kappa shape index (κ3) is 6.32. The maximum atomic E-state index is 13.9. The molecule has 1 aliphatic carbocycles. The first-order valence-corrected chi connectivity index (χ1v) is 14.0. The van der Waals surface area contributed by atoms with Crippen molar-refractivity contribution in [1.29, 1.82) is 0 Å². The number of carbonyl (C=O) groups excluding carboxylic acids is 2. The van der Waals surface area contributed by atoms with E-state index in [1.165, 1.54) is 18.2 Å². The quantitative estimate of drug-likeness (QED) is 0.332. The van der Waals surface area contributed by atoms with Crippen molar-refractivity contribution >= 4 is 11.9 Å². The highest BCUT2D eigenvalue weighted by atomic mass is 19.4. The Balaban J connectivity index is 1.10. The van der Waals surface area contributed by atoms with Gasteiger partial charge in [-0.05, 0) is 56.8 Å². The molecule has 2 saturated heterocycles. The lowest BCUT2D eigenvalue weighted by molar-refractivity contribution is -0.256. The third-order valence-corrected chi connectivity index (χ3v) is 8.65. The summed E-state index contributed by atoms with van der Waals surface area (Å²) in [6.45, 7) is 1.61. The molecule has 41 heavy (non-hydrogen) atoms. The van der Waals surface area contributed by atoms with Crippen LogP contribution in [-0.4, -0.2) is 89.9 Å². The number of piperidine rings is 1. The van der Waals surface area contributed by atoms with E-state index in [4.69, 9.17) is 9.47 Å². The Morgan fingerprint density at radius 2 is 1.78 bits per heavy atom. The standard InChI is InChI=1S/C29H34F4N4O4/c1-40-27(39)24-13-22(30)16-37(24)26(38)21-5-3-20(4-6-21)23-14-35-25(15-34-23)41-17-19-7-11-36(12-8-19)18-28(9-2-10-28)29(31,32)33/h3-6,14-15,19,22,24H,2,7-13,16-18H2,1H3/t22-,24-/m0/s1. The molecule has 3 aliphatic rings. The minimum absolute atomic E-state index is 0.0811.